The van der Waals surface area contributed by atoms with Gasteiger partial charge in [-0.05, 0) is 36.1 Å². The van der Waals surface area contributed by atoms with Crippen molar-refractivity contribution >= 4 is 27.1 Å². The van der Waals surface area contributed by atoms with Crippen LogP contribution in [0.1, 0.15) is 24.0 Å². The number of thiophene rings is 1. The molecule has 170 valence electrons. The van der Waals surface area contributed by atoms with Crippen LogP contribution in [0.25, 0.3) is 21.2 Å². The molecular formula is C25H20F4N2OS. The van der Waals surface area contributed by atoms with E-state index in [9.17, 15) is 17.6 Å². The second-order valence-corrected chi connectivity index (χ2v) is 8.84. The first-order valence-electron chi connectivity index (χ1n) is 10.6. The van der Waals surface area contributed by atoms with Gasteiger partial charge in [-0.1, -0.05) is 36.4 Å². The standard InChI is InChI=1S/C25H20F4N2OS/c26-20-9-8-17(12-19(20)25(27,28)29)18-15-33-23-21(31-10-4-5-11-31)13-30-24(22(18)23)32-14-16-6-2-1-3-7-16/h1-3,6-9,12-13,15H,4-5,10-11,14H2. The molecule has 1 fully saturated rings. The lowest BCUT2D eigenvalue weighted by atomic mass is 10.0. The van der Waals surface area contributed by atoms with Crippen LogP contribution < -0.4 is 9.64 Å². The van der Waals surface area contributed by atoms with Crippen molar-refractivity contribution in [2.75, 3.05) is 18.0 Å². The second-order valence-electron chi connectivity index (χ2n) is 7.96. The molecule has 0 N–H and O–H groups in total. The van der Waals surface area contributed by atoms with E-state index in [1.165, 1.54) is 17.4 Å². The molecule has 0 unspecified atom stereocenters. The molecule has 1 aliphatic rings. The first-order valence-corrected chi connectivity index (χ1v) is 11.5. The number of hydrogen-bond donors (Lipinski definition) is 0. The lowest BCUT2D eigenvalue weighted by Gasteiger charge is -2.19. The predicted molar refractivity (Wildman–Crippen MR) is 122 cm³/mol. The van der Waals surface area contributed by atoms with E-state index in [1.807, 2.05) is 30.3 Å². The number of fused-ring (bicyclic) bond motifs is 1. The summed E-state index contributed by atoms with van der Waals surface area (Å²) >= 11 is 1.44. The van der Waals surface area contributed by atoms with E-state index >= 15 is 0 Å². The molecule has 1 aliphatic heterocycles. The largest absolute Gasteiger partial charge is 0.472 e. The quantitative estimate of drug-likeness (QED) is 0.285. The third kappa shape index (κ3) is 4.27. The number of alkyl halides is 3. The van der Waals surface area contributed by atoms with Crippen LogP contribution in [-0.2, 0) is 12.8 Å². The van der Waals surface area contributed by atoms with Crippen LogP contribution in [0, 0.1) is 5.82 Å². The summed E-state index contributed by atoms with van der Waals surface area (Å²) in [5.41, 5.74) is 1.45. The molecule has 0 radical (unpaired) electrons. The molecule has 3 heterocycles. The maximum absolute atomic E-state index is 13.9. The molecule has 2 aromatic heterocycles. The van der Waals surface area contributed by atoms with Crippen molar-refractivity contribution in [1.29, 1.82) is 0 Å². The van der Waals surface area contributed by atoms with E-state index in [2.05, 4.69) is 9.88 Å². The van der Waals surface area contributed by atoms with Crippen molar-refractivity contribution in [2.24, 2.45) is 0 Å². The fourth-order valence-corrected chi connectivity index (χ4v) is 5.25. The van der Waals surface area contributed by atoms with Crippen LogP contribution in [0.3, 0.4) is 0 Å². The zero-order valence-electron chi connectivity index (χ0n) is 17.5. The molecule has 2 aromatic carbocycles. The van der Waals surface area contributed by atoms with Gasteiger partial charge in [-0.25, -0.2) is 9.37 Å². The molecule has 5 rings (SSSR count). The summed E-state index contributed by atoms with van der Waals surface area (Å²) < 4.78 is 60.9. The second kappa shape index (κ2) is 8.67. The number of aromatic nitrogens is 1. The third-order valence-electron chi connectivity index (χ3n) is 5.79. The van der Waals surface area contributed by atoms with Gasteiger partial charge in [-0.3, -0.25) is 0 Å². The number of rotatable bonds is 5. The number of hydrogen-bond acceptors (Lipinski definition) is 4. The van der Waals surface area contributed by atoms with Gasteiger partial charge in [0.2, 0.25) is 5.88 Å². The molecular weight excluding hydrogens is 452 g/mol. The summed E-state index contributed by atoms with van der Waals surface area (Å²) in [6.07, 6.45) is -0.838. The molecule has 33 heavy (non-hydrogen) atoms. The summed E-state index contributed by atoms with van der Waals surface area (Å²) in [4.78, 5) is 6.80. The van der Waals surface area contributed by atoms with E-state index < -0.39 is 17.6 Å². The number of halogens is 4. The summed E-state index contributed by atoms with van der Waals surface area (Å²) in [6, 6.07) is 12.7. The summed E-state index contributed by atoms with van der Waals surface area (Å²) in [7, 11) is 0. The Morgan fingerprint density at radius 3 is 2.52 bits per heavy atom. The van der Waals surface area contributed by atoms with Crippen LogP contribution in [0.2, 0.25) is 0 Å². The molecule has 4 aromatic rings. The molecule has 0 bridgehead atoms. The van der Waals surface area contributed by atoms with Crippen LogP contribution in [0.5, 0.6) is 5.88 Å². The van der Waals surface area contributed by atoms with E-state index in [4.69, 9.17) is 4.74 Å². The Kier molecular flexibility index (Phi) is 5.70. The maximum atomic E-state index is 13.9. The minimum Gasteiger partial charge on any atom is -0.472 e. The molecule has 0 atom stereocenters. The monoisotopic (exact) mass is 472 g/mol. The van der Waals surface area contributed by atoms with Gasteiger partial charge in [-0.15, -0.1) is 11.3 Å². The van der Waals surface area contributed by atoms with Gasteiger partial charge in [-0.2, -0.15) is 13.2 Å². The van der Waals surface area contributed by atoms with E-state index in [0.717, 1.165) is 54.0 Å². The van der Waals surface area contributed by atoms with Crippen molar-refractivity contribution in [3.63, 3.8) is 0 Å². The van der Waals surface area contributed by atoms with Crippen LogP contribution in [0.15, 0.2) is 60.1 Å². The van der Waals surface area contributed by atoms with E-state index in [1.54, 1.807) is 11.6 Å². The Hall–Kier alpha value is -3.13. The Morgan fingerprint density at radius 2 is 1.79 bits per heavy atom. The number of nitrogens with zero attached hydrogens (tertiary/aromatic N) is 2. The van der Waals surface area contributed by atoms with Gasteiger partial charge in [0, 0.05) is 24.0 Å². The normalized spacial score (nSPS) is 14.2. The molecule has 1 saturated heterocycles. The first kappa shape index (κ1) is 21.7. The summed E-state index contributed by atoms with van der Waals surface area (Å²) in [5, 5.41) is 2.45. The zero-order valence-corrected chi connectivity index (χ0v) is 18.3. The topological polar surface area (TPSA) is 25.4 Å². The lowest BCUT2D eigenvalue weighted by Crippen LogP contribution is -2.18. The van der Waals surface area contributed by atoms with E-state index in [0.29, 0.717) is 16.8 Å². The Labute approximate surface area is 192 Å². The van der Waals surface area contributed by atoms with Crippen molar-refractivity contribution in [3.05, 3.63) is 77.1 Å². The highest BCUT2D eigenvalue weighted by Crippen LogP contribution is 2.45. The van der Waals surface area contributed by atoms with Gasteiger partial charge in [0.15, 0.2) is 0 Å². The van der Waals surface area contributed by atoms with Crippen molar-refractivity contribution < 1.29 is 22.3 Å². The number of ether oxygens (including phenoxy) is 1. The number of benzene rings is 2. The predicted octanol–water partition coefficient (Wildman–Crippen LogP) is 7.30. The lowest BCUT2D eigenvalue weighted by molar-refractivity contribution is -0.139. The van der Waals surface area contributed by atoms with Crippen LogP contribution >= 0.6 is 11.3 Å². The van der Waals surface area contributed by atoms with Gasteiger partial charge in [0.25, 0.3) is 0 Å². The first-order chi connectivity index (χ1) is 15.9. The SMILES string of the molecule is Fc1ccc(-c2csc3c(N4CCCC4)cnc(OCc4ccccc4)c23)cc1C(F)(F)F. The number of pyridine rings is 1. The van der Waals surface area contributed by atoms with Crippen molar-refractivity contribution in [2.45, 2.75) is 25.6 Å². The maximum Gasteiger partial charge on any atom is 0.419 e. The van der Waals surface area contributed by atoms with Crippen LogP contribution in [-0.4, -0.2) is 18.1 Å². The number of anilines is 1. The fourth-order valence-electron chi connectivity index (χ4n) is 4.14. The van der Waals surface area contributed by atoms with Gasteiger partial charge >= 0.3 is 6.18 Å². The molecule has 0 aliphatic carbocycles. The molecule has 3 nitrogen and oxygen atoms in total. The van der Waals surface area contributed by atoms with Crippen molar-refractivity contribution in [3.8, 4) is 17.0 Å². The van der Waals surface area contributed by atoms with Gasteiger partial charge in [0.05, 0.1) is 27.5 Å². The highest BCUT2D eigenvalue weighted by molar-refractivity contribution is 7.18. The summed E-state index contributed by atoms with van der Waals surface area (Å²) in [5.74, 6) is -0.937. The smallest absolute Gasteiger partial charge is 0.419 e. The molecule has 0 spiro atoms. The highest BCUT2D eigenvalue weighted by atomic mass is 32.1. The Bertz CT molecular complexity index is 1280. The van der Waals surface area contributed by atoms with Gasteiger partial charge in [0.1, 0.15) is 12.4 Å². The minimum atomic E-state index is -4.78. The van der Waals surface area contributed by atoms with Crippen molar-refractivity contribution in [1.82, 2.24) is 4.98 Å². The van der Waals surface area contributed by atoms with E-state index in [-0.39, 0.29) is 12.2 Å². The average Bonchev–Trinajstić information content (AvgIpc) is 3.49. The Morgan fingerprint density at radius 1 is 1.03 bits per heavy atom. The molecule has 0 amide bonds. The molecule has 0 saturated carbocycles. The molecule has 8 heteroatoms. The Balaban J connectivity index is 1.63. The highest BCUT2D eigenvalue weighted by Gasteiger charge is 2.34. The van der Waals surface area contributed by atoms with Gasteiger partial charge < -0.3 is 9.64 Å². The third-order valence-corrected chi connectivity index (χ3v) is 6.79. The fraction of sp³-hybridized carbons (Fsp3) is 0.240. The summed E-state index contributed by atoms with van der Waals surface area (Å²) in [6.45, 7) is 2.09. The average molecular weight is 473 g/mol. The zero-order chi connectivity index (χ0) is 23.0. The minimum absolute atomic E-state index is 0.276. The van der Waals surface area contributed by atoms with Crippen LogP contribution in [0.4, 0.5) is 23.2 Å².